The fraction of sp³-hybridized carbons (Fsp3) is 0.133. The molecular formula is C15H13BrN2O3. The van der Waals surface area contributed by atoms with Gasteiger partial charge in [0.1, 0.15) is 11.7 Å². The molecule has 21 heavy (non-hydrogen) atoms. The van der Waals surface area contributed by atoms with Crippen LogP contribution in [0.4, 0.5) is 0 Å². The van der Waals surface area contributed by atoms with Crippen LogP contribution in [0.1, 0.15) is 16.1 Å². The van der Waals surface area contributed by atoms with Gasteiger partial charge in [0.25, 0.3) is 5.91 Å². The minimum Gasteiger partial charge on any atom is -0.480 e. The quantitative estimate of drug-likeness (QED) is 0.868. The van der Waals surface area contributed by atoms with Crippen LogP contribution in [0.15, 0.2) is 53.1 Å². The number of carboxylic acid groups (broad SMARTS) is 1. The normalized spacial score (nSPS) is 11.7. The summed E-state index contributed by atoms with van der Waals surface area (Å²) in [5, 5.41) is 11.7. The van der Waals surface area contributed by atoms with Crippen molar-refractivity contribution >= 4 is 27.8 Å². The number of carbonyl (C=O) groups excluding carboxylic acids is 1. The number of pyridine rings is 1. The van der Waals surface area contributed by atoms with Crippen molar-refractivity contribution in [2.24, 2.45) is 0 Å². The Morgan fingerprint density at radius 1 is 1.19 bits per heavy atom. The number of carboxylic acids is 1. The summed E-state index contributed by atoms with van der Waals surface area (Å²) < 4.78 is 0.748. The molecule has 5 nitrogen and oxygen atoms in total. The summed E-state index contributed by atoms with van der Waals surface area (Å²) >= 11 is 3.22. The molecule has 0 saturated carbocycles. The summed E-state index contributed by atoms with van der Waals surface area (Å²) in [7, 11) is 0. The monoisotopic (exact) mass is 348 g/mol. The lowest BCUT2D eigenvalue weighted by Gasteiger charge is -2.14. The van der Waals surface area contributed by atoms with E-state index >= 15 is 0 Å². The zero-order chi connectivity index (χ0) is 15.2. The zero-order valence-corrected chi connectivity index (χ0v) is 12.6. The van der Waals surface area contributed by atoms with Crippen molar-refractivity contribution in [2.75, 3.05) is 0 Å². The summed E-state index contributed by atoms with van der Waals surface area (Å²) in [5.74, 6) is -1.59. The van der Waals surface area contributed by atoms with Gasteiger partial charge in [-0.25, -0.2) is 9.78 Å². The van der Waals surface area contributed by atoms with E-state index in [-0.39, 0.29) is 12.1 Å². The number of halogens is 1. The highest BCUT2D eigenvalue weighted by Gasteiger charge is 2.21. The largest absolute Gasteiger partial charge is 0.480 e. The first kappa shape index (κ1) is 15.2. The highest BCUT2D eigenvalue weighted by molar-refractivity contribution is 9.10. The van der Waals surface area contributed by atoms with Crippen LogP contribution in [-0.2, 0) is 11.2 Å². The van der Waals surface area contributed by atoms with Crippen molar-refractivity contribution in [1.82, 2.24) is 10.3 Å². The molecule has 6 heteroatoms. The van der Waals surface area contributed by atoms with Gasteiger partial charge in [0.05, 0.1) is 0 Å². The van der Waals surface area contributed by atoms with Crippen molar-refractivity contribution in [3.63, 3.8) is 0 Å². The van der Waals surface area contributed by atoms with Gasteiger partial charge in [-0.3, -0.25) is 4.79 Å². The average Bonchev–Trinajstić information content (AvgIpc) is 2.48. The Hall–Kier alpha value is -2.21. The van der Waals surface area contributed by atoms with Gasteiger partial charge in [0.2, 0.25) is 0 Å². The minimum atomic E-state index is -1.08. The molecule has 0 aliphatic heterocycles. The molecule has 2 N–H and O–H groups in total. The van der Waals surface area contributed by atoms with E-state index in [0.717, 1.165) is 10.0 Å². The number of amides is 1. The summed E-state index contributed by atoms with van der Waals surface area (Å²) in [6.45, 7) is 0. The second-order valence-corrected chi connectivity index (χ2v) is 5.33. The first-order valence-corrected chi connectivity index (χ1v) is 7.04. The van der Waals surface area contributed by atoms with Crippen molar-refractivity contribution < 1.29 is 14.7 Å². The molecule has 2 rings (SSSR count). The van der Waals surface area contributed by atoms with E-state index < -0.39 is 17.9 Å². The number of hydrogen-bond donors (Lipinski definition) is 2. The fourth-order valence-corrected chi connectivity index (χ4v) is 2.03. The number of carbonyl (C=O) groups is 2. The third kappa shape index (κ3) is 4.39. The minimum absolute atomic E-state index is 0.178. The van der Waals surface area contributed by atoms with Crippen molar-refractivity contribution in [3.05, 3.63) is 64.4 Å². The van der Waals surface area contributed by atoms with E-state index in [1.54, 1.807) is 6.07 Å². The number of benzene rings is 1. The number of aliphatic carboxylic acids is 1. The molecular weight excluding hydrogens is 336 g/mol. The number of nitrogens with zero attached hydrogens (tertiary/aromatic N) is 1. The standard InChI is InChI=1S/C15H13BrN2O3/c16-11-6-7-12(17-9-11)14(19)18-13(15(20)21)8-10-4-2-1-3-5-10/h1-7,9,13H,8H2,(H,18,19)(H,20,21)/t13-/m0/s1. The SMILES string of the molecule is O=C(N[C@@H](Cc1ccccc1)C(=O)O)c1ccc(Br)cn1. The molecule has 0 spiro atoms. The van der Waals surface area contributed by atoms with Gasteiger partial charge in [-0.1, -0.05) is 30.3 Å². The van der Waals surface area contributed by atoms with Crippen LogP contribution in [0.25, 0.3) is 0 Å². The number of rotatable bonds is 5. The Labute approximate surface area is 130 Å². The fourth-order valence-electron chi connectivity index (χ4n) is 1.79. The molecule has 1 aromatic carbocycles. The number of aromatic nitrogens is 1. The van der Waals surface area contributed by atoms with E-state index in [1.807, 2.05) is 30.3 Å². The Kier molecular flexibility index (Phi) is 5.05. The Balaban J connectivity index is 2.07. The molecule has 1 atom stereocenters. The second-order valence-electron chi connectivity index (χ2n) is 4.42. The van der Waals surface area contributed by atoms with E-state index in [9.17, 15) is 14.7 Å². The predicted octanol–water partition coefficient (Wildman–Crippen LogP) is 2.27. The van der Waals surface area contributed by atoms with Crippen LogP contribution in [0.3, 0.4) is 0 Å². The lowest BCUT2D eigenvalue weighted by Crippen LogP contribution is -2.42. The van der Waals surface area contributed by atoms with Crippen LogP contribution in [0.2, 0.25) is 0 Å². The maximum Gasteiger partial charge on any atom is 0.326 e. The van der Waals surface area contributed by atoms with E-state index in [0.29, 0.717) is 0 Å². The van der Waals surface area contributed by atoms with Gasteiger partial charge in [-0.2, -0.15) is 0 Å². The topological polar surface area (TPSA) is 79.3 Å². The lowest BCUT2D eigenvalue weighted by atomic mass is 10.1. The first-order chi connectivity index (χ1) is 10.1. The molecule has 108 valence electrons. The summed E-state index contributed by atoms with van der Waals surface area (Å²) in [4.78, 5) is 27.2. The molecule has 2 aromatic rings. The third-order valence-corrected chi connectivity index (χ3v) is 3.32. The second kappa shape index (κ2) is 6.99. The van der Waals surface area contributed by atoms with Gasteiger partial charge in [0.15, 0.2) is 0 Å². The van der Waals surface area contributed by atoms with Crippen LogP contribution >= 0.6 is 15.9 Å². The molecule has 1 amide bonds. The highest BCUT2D eigenvalue weighted by Crippen LogP contribution is 2.08. The maximum absolute atomic E-state index is 12.0. The molecule has 0 aliphatic carbocycles. The number of nitrogens with one attached hydrogen (secondary N) is 1. The first-order valence-electron chi connectivity index (χ1n) is 6.25. The van der Waals surface area contributed by atoms with Crippen LogP contribution < -0.4 is 5.32 Å². The van der Waals surface area contributed by atoms with E-state index in [2.05, 4.69) is 26.2 Å². The molecule has 1 heterocycles. The van der Waals surface area contributed by atoms with Crippen molar-refractivity contribution in [1.29, 1.82) is 0 Å². The van der Waals surface area contributed by atoms with Gasteiger partial charge in [0, 0.05) is 17.1 Å². The van der Waals surface area contributed by atoms with Crippen LogP contribution in [0, 0.1) is 0 Å². The smallest absolute Gasteiger partial charge is 0.326 e. The van der Waals surface area contributed by atoms with Crippen molar-refractivity contribution in [2.45, 2.75) is 12.5 Å². The van der Waals surface area contributed by atoms with Gasteiger partial charge >= 0.3 is 5.97 Å². The highest BCUT2D eigenvalue weighted by atomic mass is 79.9. The molecule has 0 aliphatic rings. The van der Waals surface area contributed by atoms with E-state index in [4.69, 9.17) is 0 Å². The molecule has 1 aromatic heterocycles. The number of hydrogen-bond acceptors (Lipinski definition) is 3. The van der Waals surface area contributed by atoms with Gasteiger partial charge < -0.3 is 10.4 Å². The zero-order valence-electron chi connectivity index (χ0n) is 11.0. The summed E-state index contributed by atoms with van der Waals surface area (Å²) in [6, 6.07) is 11.4. The average molecular weight is 349 g/mol. The summed E-state index contributed by atoms with van der Waals surface area (Å²) in [5.41, 5.74) is 1.02. The van der Waals surface area contributed by atoms with Crippen LogP contribution in [0.5, 0.6) is 0 Å². The lowest BCUT2D eigenvalue weighted by molar-refractivity contribution is -0.139. The maximum atomic E-state index is 12.0. The molecule has 0 radical (unpaired) electrons. The third-order valence-electron chi connectivity index (χ3n) is 2.85. The Bertz CT molecular complexity index is 629. The van der Waals surface area contributed by atoms with E-state index in [1.165, 1.54) is 12.3 Å². The van der Waals surface area contributed by atoms with Gasteiger partial charge in [-0.05, 0) is 33.6 Å². The Morgan fingerprint density at radius 3 is 2.48 bits per heavy atom. The summed E-state index contributed by atoms with van der Waals surface area (Å²) in [6.07, 6.45) is 1.71. The predicted molar refractivity (Wildman–Crippen MR) is 81.0 cm³/mol. The van der Waals surface area contributed by atoms with Crippen molar-refractivity contribution in [3.8, 4) is 0 Å². The molecule has 0 fully saturated rings. The molecule has 0 bridgehead atoms. The molecule has 0 unspecified atom stereocenters. The molecule has 0 saturated heterocycles. The van der Waals surface area contributed by atoms with Crippen LogP contribution in [-0.4, -0.2) is 28.0 Å². The van der Waals surface area contributed by atoms with Gasteiger partial charge in [-0.15, -0.1) is 0 Å². The Morgan fingerprint density at radius 2 is 1.90 bits per heavy atom.